The predicted octanol–water partition coefficient (Wildman–Crippen LogP) is 2.61. The van der Waals surface area contributed by atoms with Crippen LogP contribution in [0.25, 0.3) is 0 Å². The van der Waals surface area contributed by atoms with E-state index in [1.165, 1.54) is 0 Å². The van der Waals surface area contributed by atoms with Crippen LogP contribution in [0.15, 0.2) is 18.2 Å². The molecule has 0 aliphatic heterocycles. The third kappa shape index (κ3) is 4.62. The van der Waals surface area contributed by atoms with Gasteiger partial charge in [-0.3, -0.25) is 10.7 Å². The number of guanidine groups is 1. The zero-order valence-electron chi connectivity index (χ0n) is 11.5. The van der Waals surface area contributed by atoms with Gasteiger partial charge in [0.2, 0.25) is 0 Å². The smallest absolute Gasteiger partial charge is 0.325 e. The summed E-state index contributed by atoms with van der Waals surface area (Å²) in [5.41, 5.74) is 8.21. The molecule has 0 radical (unpaired) electrons. The average Bonchev–Trinajstić information content (AvgIpc) is 2.36. The highest BCUT2D eigenvalue weighted by Crippen LogP contribution is 2.23. The molecule has 5 heteroatoms. The molecule has 2 amide bonds. The van der Waals surface area contributed by atoms with Crippen molar-refractivity contribution in [2.75, 3.05) is 5.32 Å². The van der Waals surface area contributed by atoms with E-state index in [-0.39, 0.29) is 5.96 Å². The number of carbonyl (C=O) groups excluding carboxylic acids is 1. The van der Waals surface area contributed by atoms with Gasteiger partial charge in [0.15, 0.2) is 5.96 Å². The molecule has 0 atom stereocenters. The van der Waals surface area contributed by atoms with Gasteiger partial charge in [0.05, 0.1) is 0 Å². The van der Waals surface area contributed by atoms with Gasteiger partial charge in [0.1, 0.15) is 0 Å². The first-order valence-electron chi connectivity index (χ1n) is 6.61. The van der Waals surface area contributed by atoms with Crippen molar-refractivity contribution in [1.29, 1.82) is 5.41 Å². The second-order valence-electron chi connectivity index (χ2n) is 4.40. The van der Waals surface area contributed by atoms with Crippen molar-refractivity contribution >= 4 is 17.7 Å². The van der Waals surface area contributed by atoms with Crippen LogP contribution < -0.4 is 16.4 Å². The first kappa shape index (κ1) is 15.0. The van der Waals surface area contributed by atoms with E-state index in [2.05, 4.69) is 17.6 Å². The highest BCUT2D eigenvalue weighted by Gasteiger charge is 2.10. The highest BCUT2D eigenvalue weighted by atomic mass is 16.2. The first-order chi connectivity index (χ1) is 9.08. The Labute approximate surface area is 114 Å². The van der Waals surface area contributed by atoms with E-state index < -0.39 is 6.03 Å². The molecule has 1 aromatic rings. The molecule has 5 N–H and O–H groups in total. The largest absolute Gasteiger partial charge is 0.370 e. The second-order valence-corrected chi connectivity index (χ2v) is 4.40. The fraction of sp³-hybridized carbons (Fsp3) is 0.429. The number of nitrogens with two attached hydrogens (primary N) is 1. The molecule has 0 aromatic heterocycles. The van der Waals surface area contributed by atoms with Crippen LogP contribution in [-0.4, -0.2) is 12.0 Å². The summed E-state index contributed by atoms with van der Waals surface area (Å²) in [6.07, 6.45) is 3.96. The minimum atomic E-state index is -0.467. The first-order valence-corrected chi connectivity index (χ1v) is 6.61. The predicted molar refractivity (Wildman–Crippen MR) is 78.5 cm³/mol. The monoisotopic (exact) mass is 262 g/mol. The number of hydrogen-bond acceptors (Lipinski definition) is 2. The van der Waals surface area contributed by atoms with Crippen LogP contribution >= 0.6 is 0 Å². The lowest BCUT2D eigenvalue weighted by molar-refractivity contribution is 0.256. The molecule has 0 saturated carbocycles. The fourth-order valence-electron chi connectivity index (χ4n) is 1.95. The number of urea groups is 1. The van der Waals surface area contributed by atoms with Gasteiger partial charge >= 0.3 is 6.03 Å². The molecule has 0 saturated heterocycles. The van der Waals surface area contributed by atoms with E-state index in [1.54, 1.807) is 0 Å². The summed E-state index contributed by atoms with van der Waals surface area (Å²) in [6.45, 7) is 4.19. The minimum absolute atomic E-state index is 0.360. The number of unbranched alkanes of at least 4 members (excludes halogenated alkanes) is 1. The standard InChI is InChI=1S/C14H22N4O/c1-3-5-7-11-9-6-8-10(4-2)12(11)17-14(19)18-13(15)16/h6,8-9H,3-5,7H2,1-2H3,(H5,15,16,17,18,19). The molecule has 0 fully saturated rings. The van der Waals surface area contributed by atoms with E-state index >= 15 is 0 Å². The molecule has 19 heavy (non-hydrogen) atoms. The lowest BCUT2D eigenvalue weighted by Crippen LogP contribution is -2.39. The maximum Gasteiger partial charge on any atom is 0.325 e. The van der Waals surface area contributed by atoms with Gasteiger partial charge in [-0.15, -0.1) is 0 Å². The van der Waals surface area contributed by atoms with Crippen LogP contribution in [0.2, 0.25) is 0 Å². The molecule has 1 aromatic carbocycles. The van der Waals surface area contributed by atoms with Gasteiger partial charge in [0, 0.05) is 5.69 Å². The van der Waals surface area contributed by atoms with Gasteiger partial charge in [0.25, 0.3) is 0 Å². The second kappa shape index (κ2) is 7.41. The Morgan fingerprint density at radius 2 is 2.00 bits per heavy atom. The van der Waals surface area contributed by atoms with E-state index in [1.807, 2.05) is 25.1 Å². The van der Waals surface area contributed by atoms with Crippen LogP contribution in [-0.2, 0) is 12.8 Å². The SMILES string of the molecule is CCCCc1cccc(CC)c1NC(=O)NC(=N)N. The molecule has 0 spiro atoms. The molecular weight excluding hydrogens is 240 g/mol. The Morgan fingerprint density at radius 3 is 2.58 bits per heavy atom. The van der Waals surface area contributed by atoms with Crippen molar-refractivity contribution in [3.63, 3.8) is 0 Å². The fourth-order valence-corrected chi connectivity index (χ4v) is 1.95. The van der Waals surface area contributed by atoms with Crippen LogP contribution in [0.1, 0.15) is 37.8 Å². The van der Waals surface area contributed by atoms with E-state index in [9.17, 15) is 4.79 Å². The van der Waals surface area contributed by atoms with Gasteiger partial charge in [-0.25, -0.2) is 4.79 Å². The molecule has 0 bridgehead atoms. The minimum Gasteiger partial charge on any atom is -0.370 e. The van der Waals surface area contributed by atoms with Crippen molar-refractivity contribution in [2.45, 2.75) is 39.5 Å². The molecule has 5 nitrogen and oxygen atoms in total. The summed E-state index contributed by atoms with van der Waals surface area (Å²) < 4.78 is 0. The summed E-state index contributed by atoms with van der Waals surface area (Å²) >= 11 is 0. The lowest BCUT2D eigenvalue weighted by atomic mass is 10.0. The summed E-state index contributed by atoms with van der Waals surface area (Å²) in [4.78, 5) is 11.7. The highest BCUT2D eigenvalue weighted by molar-refractivity contribution is 6.01. The quantitative estimate of drug-likeness (QED) is 0.485. The number of benzene rings is 1. The average molecular weight is 262 g/mol. The number of rotatable bonds is 5. The number of nitrogens with one attached hydrogen (secondary N) is 3. The number of amides is 2. The number of aryl methyl sites for hydroxylation is 2. The zero-order valence-corrected chi connectivity index (χ0v) is 11.5. The van der Waals surface area contributed by atoms with Gasteiger partial charge < -0.3 is 11.1 Å². The Hall–Kier alpha value is -2.04. The number of anilines is 1. The molecule has 0 aliphatic carbocycles. The molecule has 1 rings (SSSR count). The van der Waals surface area contributed by atoms with Crippen LogP contribution in [0.4, 0.5) is 10.5 Å². The molecule has 0 unspecified atom stereocenters. The van der Waals surface area contributed by atoms with Crippen molar-refractivity contribution in [1.82, 2.24) is 5.32 Å². The molecular formula is C14H22N4O. The third-order valence-corrected chi connectivity index (χ3v) is 2.90. The molecule has 104 valence electrons. The normalized spacial score (nSPS) is 10.0. The van der Waals surface area contributed by atoms with Gasteiger partial charge in [-0.05, 0) is 30.4 Å². The summed E-state index contributed by atoms with van der Waals surface area (Å²) in [5.74, 6) is -0.360. The van der Waals surface area contributed by atoms with Gasteiger partial charge in [-0.1, -0.05) is 38.5 Å². The number of hydrogen-bond donors (Lipinski definition) is 4. The Balaban J connectivity index is 2.93. The van der Waals surface area contributed by atoms with Crippen LogP contribution in [0.3, 0.4) is 0 Å². The van der Waals surface area contributed by atoms with Gasteiger partial charge in [-0.2, -0.15) is 0 Å². The molecule has 0 aliphatic rings. The Morgan fingerprint density at radius 1 is 1.32 bits per heavy atom. The topological polar surface area (TPSA) is 91.0 Å². The van der Waals surface area contributed by atoms with Crippen molar-refractivity contribution in [3.8, 4) is 0 Å². The number of carbonyl (C=O) groups is 1. The van der Waals surface area contributed by atoms with Crippen molar-refractivity contribution in [3.05, 3.63) is 29.3 Å². The van der Waals surface area contributed by atoms with Crippen LogP contribution in [0, 0.1) is 5.41 Å². The summed E-state index contributed by atoms with van der Waals surface area (Å²) in [7, 11) is 0. The number of para-hydroxylation sites is 1. The summed E-state index contributed by atoms with van der Waals surface area (Å²) in [5, 5.41) is 12.1. The van der Waals surface area contributed by atoms with E-state index in [0.29, 0.717) is 0 Å². The van der Waals surface area contributed by atoms with Crippen LogP contribution in [0.5, 0.6) is 0 Å². The Bertz CT molecular complexity index is 457. The third-order valence-electron chi connectivity index (χ3n) is 2.90. The van der Waals surface area contributed by atoms with E-state index in [4.69, 9.17) is 11.1 Å². The molecule has 0 heterocycles. The van der Waals surface area contributed by atoms with E-state index in [0.717, 1.165) is 42.5 Å². The lowest BCUT2D eigenvalue weighted by Gasteiger charge is -2.15. The maximum atomic E-state index is 11.7. The zero-order chi connectivity index (χ0) is 14.3. The van der Waals surface area contributed by atoms with Crippen molar-refractivity contribution < 1.29 is 4.79 Å². The Kier molecular flexibility index (Phi) is 5.85. The maximum absolute atomic E-state index is 11.7. The van der Waals surface area contributed by atoms with Crippen molar-refractivity contribution in [2.24, 2.45) is 5.73 Å². The summed E-state index contributed by atoms with van der Waals surface area (Å²) in [6, 6.07) is 5.57.